The van der Waals surface area contributed by atoms with Gasteiger partial charge in [0.05, 0.1) is 0 Å². The third-order valence-corrected chi connectivity index (χ3v) is 6.42. The van der Waals surface area contributed by atoms with Crippen LogP contribution in [0.15, 0.2) is 36.4 Å². The summed E-state index contributed by atoms with van der Waals surface area (Å²) in [6, 6.07) is 6.08. The summed E-state index contributed by atoms with van der Waals surface area (Å²) in [6.07, 6.45) is 2.45. The number of nitrogens with zero attached hydrogens (tertiary/aromatic N) is 1. The summed E-state index contributed by atoms with van der Waals surface area (Å²) in [6.45, 7) is 2.53. The van der Waals surface area contributed by atoms with Gasteiger partial charge in [0.1, 0.15) is 29.4 Å². The number of carbonyl (C=O) groups is 3. The highest BCUT2D eigenvalue weighted by atomic mass is 19.1. The predicted molar refractivity (Wildman–Crippen MR) is 125 cm³/mol. The fourth-order valence-electron chi connectivity index (χ4n) is 4.61. The molecule has 0 aromatic heterocycles. The van der Waals surface area contributed by atoms with Crippen molar-refractivity contribution in [3.63, 3.8) is 0 Å². The van der Waals surface area contributed by atoms with Crippen LogP contribution in [-0.2, 0) is 25.7 Å². The Morgan fingerprint density at radius 3 is 2.49 bits per heavy atom. The number of carbonyl (C=O) groups excluding carboxylic acids is 3. The zero-order valence-electron chi connectivity index (χ0n) is 19.2. The van der Waals surface area contributed by atoms with Crippen molar-refractivity contribution in [2.24, 2.45) is 5.92 Å². The van der Waals surface area contributed by atoms with Crippen LogP contribution in [-0.4, -0.2) is 41.9 Å². The molecule has 0 spiro atoms. The Kier molecular flexibility index (Phi) is 7.30. The highest BCUT2D eigenvalue weighted by Crippen LogP contribution is 2.37. The van der Waals surface area contributed by atoms with Gasteiger partial charge in [-0.2, -0.15) is 0 Å². The van der Waals surface area contributed by atoms with Crippen LogP contribution in [0.4, 0.5) is 20.2 Å². The second-order valence-corrected chi connectivity index (χ2v) is 8.64. The molecule has 2 aromatic carbocycles. The molecule has 35 heavy (non-hydrogen) atoms. The van der Waals surface area contributed by atoms with Crippen LogP contribution in [0.3, 0.4) is 0 Å². The van der Waals surface area contributed by atoms with E-state index in [0.29, 0.717) is 42.9 Å². The van der Waals surface area contributed by atoms with Gasteiger partial charge in [0.2, 0.25) is 11.8 Å². The summed E-state index contributed by atoms with van der Waals surface area (Å²) < 4.78 is 33.9. The Bertz CT molecular complexity index is 1120. The van der Waals surface area contributed by atoms with Gasteiger partial charge in [0, 0.05) is 31.9 Å². The van der Waals surface area contributed by atoms with E-state index < -0.39 is 47.1 Å². The van der Waals surface area contributed by atoms with Crippen molar-refractivity contribution in [1.29, 1.82) is 0 Å². The third kappa shape index (κ3) is 5.12. The van der Waals surface area contributed by atoms with Gasteiger partial charge in [-0.15, -0.1) is 0 Å². The fourth-order valence-corrected chi connectivity index (χ4v) is 4.61. The number of fused-ring (bicyclic) bond motifs is 1. The van der Waals surface area contributed by atoms with Crippen molar-refractivity contribution >= 4 is 29.1 Å². The highest BCUT2D eigenvalue weighted by molar-refractivity contribution is 6.00. The molecule has 1 fully saturated rings. The molecule has 0 unspecified atom stereocenters. The van der Waals surface area contributed by atoms with Gasteiger partial charge in [0.15, 0.2) is 0 Å². The number of amides is 3. The molecule has 3 amide bonds. The minimum absolute atomic E-state index is 0.0580. The number of hydrogen-bond acceptors (Lipinski definition) is 5. The Morgan fingerprint density at radius 2 is 1.83 bits per heavy atom. The van der Waals surface area contributed by atoms with Gasteiger partial charge in [0.25, 0.3) is 5.91 Å². The molecule has 2 aliphatic rings. The first-order chi connectivity index (χ1) is 16.8. The van der Waals surface area contributed by atoms with Crippen LogP contribution >= 0.6 is 0 Å². The van der Waals surface area contributed by atoms with Crippen molar-refractivity contribution in [1.82, 2.24) is 10.2 Å². The van der Waals surface area contributed by atoms with Gasteiger partial charge in [-0.3, -0.25) is 14.4 Å². The zero-order chi connectivity index (χ0) is 25.1. The summed E-state index contributed by atoms with van der Waals surface area (Å²) in [4.78, 5) is 40.8. The molecule has 185 valence electrons. The SMILES string of the molecule is C[CH]C(=O)N[C@H](C(=O)N1Cc2cc(N)ccc2[C@H]1C(=O)Nc1c(F)cccc1F)C1CCOCC1. The number of nitrogen functional groups attached to an aromatic ring is 1. The largest absolute Gasteiger partial charge is 0.399 e. The molecule has 2 atom stereocenters. The van der Waals surface area contributed by atoms with E-state index in [1.54, 1.807) is 25.1 Å². The van der Waals surface area contributed by atoms with Crippen LogP contribution in [0.2, 0.25) is 0 Å². The second kappa shape index (κ2) is 10.4. The Morgan fingerprint density at radius 1 is 1.14 bits per heavy atom. The van der Waals surface area contributed by atoms with E-state index in [2.05, 4.69) is 10.6 Å². The van der Waals surface area contributed by atoms with Crippen molar-refractivity contribution < 1.29 is 27.9 Å². The Labute approximate surface area is 201 Å². The summed E-state index contributed by atoms with van der Waals surface area (Å²) in [5.41, 5.74) is 6.92. The molecule has 2 heterocycles. The number of rotatable bonds is 6. The van der Waals surface area contributed by atoms with Crippen molar-refractivity contribution in [2.45, 2.75) is 38.4 Å². The molecule has 0 aliphatic carbocycles. The van der Waals surface area contributed by atoms with E-state index in [1.165, 1.54) is 17.4 Å². The number of nitrogens with one attached hydrogen (secondary N) is 2. The highest BCUT2D eigenvalue weighted by Gasteiger charge is 2.43. The monoisotopic (exact) mass is 485 g/mol. The number of para-hydroxylation sites is 1. The smallest absolute Gasteiger partial charge is 0.252 e. The van der Waals surface area contributed by atoms with Gasteiger partial charge >= 0.3 is 0 Å². The van der Waals surface area contributed by atoms with Crippen LogP contribution in [0.1, 0.15) is 36.9 Å². The predicted octanol–water partition coefficient (Wildman–Crippen LogP) is 2.70. The van der Waals surface area contributed by atoms with E-state index in [9.17, 15) is 23.2 Å². The number of nitrogens with two attached hydrogens (primary N) is 1. The molecule has 1 radical (unpaired) electrons. The third-order valence-electron chi connectivity index (χ3n) is 6.42. The average Bonchev–Trinajstić information content (AvgIpc) is 3.23. The van der Waals surface area contributed by atoms with E-state index in [0.717, 1.165) is 12.1 Å². The van der Waals surface area contributed by atoms with E-state index >= 15 is 0 Å². The lowest BCUT2D eigenvalue weighted by atomic mass is 9.90. The van der Waals surface area contributed by atoms with Crippen LogP contribution < -0.4 is 16.4 Å². The first-order valence-corrected chi connectivity index (χ1v) is 11.4. The van der Waals surface area contributed by atoms with Gasteiger partial charge < -0.3 is 26.0 Å². The lowest BCUT2D eigenvalue weighted by Crippen LogP contribution is -2.53. The van der Waals surface area contributed by atoms with E-state index in [4.69, 9.17) is 10.5 Å². The Balaban J connectivity index is 1.68. The minimum Gasteiger partial charge on any atom is -0.399 e. The molecule has 8 nitrogen and oxygen atoms in total. The lowest BCUT2D eigenvalue weighted by Gasteiger charge is -2.34. The molecule has 2 aromatic rings. The first kappa shape index (κ1) is 24.6. The maximum Gasteiger partial charge on any atom is 0.252 e. The molecular formula is C25H27F2N4O4. The number of halogens is 2. The molecule has 1 saturated heterocycles. The number of anilines is 2. The van der Waals surface area contributed by atoms with Crippen molar-refractivity contribution in [3.05, 3.63) is 65.6 Å². The topological polar surface area (TPSA) is 114 Å². The quantitative estimate of drug-likeness (QED) is 0.545. The maximum atomic E-state index is 14.2. The lowest BCUT2D eigenvalue weighted by molar-refractivity contribution is -0.143. The summed E-state index contributed by atoms with van der Waals surface area (Å²) in [5, 5.41) is 5.06. The molecule has 4 rings (SSSR count). The molecule has 0 saturated carbocycles. The number of benzene rings is 2. The summed E-state index contributed by atoms with van der Waals surface area (Å²) >= 11 is 0. The van der Waals surface area contributed by atoms with Crippen LogP contribution in [0, 0.1) is 24.0 Å². The standard InChI is InChI=1S/C25H27F2N4O4/c1-2-20(32)29-21(14-8-10-35-11-9-14)25(34)31-13-15-12-16(28)6-7-17(15)23(31)24(33)30-22-18(26)4-3-5-19(22)27/h2-7,12,14,21,23H,8-11,13,28H2,1H3,(H,29,32)(H,30,33)/t21-,23-/m0/s1. The van der Waals surface area contributed by atoms with Gasteiger partial charge in [-0.25, -0.2) is 8.78 Å². The maximum absolute atomic E-state index is 14.2. The molecule has 4 N–H and O–H groups in total. The Hall–Kier alpha value is -3.53. The number of hydrogen-bond donors (Lipinski definition) is 3. The number of ether oxygens (including phenoxy) is 1. The normalized spacial score (nSPS) is 18.6. The molecular weight excluding hydrogens is 458 g/mol. The fraction of sp³-hybridized carbons (Fsp3) is 0.360. The first-order valence-electron chi connectivity index (χ1n) is 11.4. The minimum atomic E-state index is -1.16. The van der Waals surface area contributed by atoms with Crippen molar-refractivity contribution in [3.8, 4) is 0 Å². The molecule has 0 bridgehead atoms. The molecule has 2 aliphatic heterocycles. The summed E-state index contributed by atoms with van der Waals surface area (Å²) in [5.74, 6) is -3.71. The van der Waals surface area contributed by atoms with Gasteiger partial charge in [-0.05, 0) is 54.2 Å². The molecule has 10 heteroatoms. The van der Waals surface area contributed by atoms with E-state index in [-0.39, 0.29) is 12.5 Å². The van der Waals surface area contributed by atoms with Crippen LogP contribution in [0.5, 0.6) is 0 Å². The van der Waals surface area contributed by atoms with Crippen LogP contribution in [0.25, 0.3) is 0 Å². The second-order valence-electron chi connectivity index (χ2n) is 8.64. The van der Waals surface area contributed by atoms with Crippen molar-refractivity contribution in [2.75, 3.05) is 24.3 Å². The van der Waals surface area contributed by atoms with E-state index in [1.807, 2.05) is 0 Å². The average molecular weight is 486 g/mol. The zero-order valence-corrected chi connectivity index (χ0v) is 19.2. The van der Waals surface area contributed by atoms with Gasteiger partial charge in [-0.1, -0.05) is 19.1 Å². The summed E-state index contributed by atoms with van der Waals surface area (Å²) in [7, 11) is 0.